The fourth-order valence-electron chi connectivity index (χ4n) is 4.91. The molecule has 2 aliphatic heterocycles. The van der Waals surface area contributed by atoms with Crippen LogP contribution in [-0.2, 0) is 10.3 Å². The molecule has 0 bridgehead atoms. The van der Waals surface area contributed by atoms with Gasteiger partial charge in [0.25, 0.3) is 11.7 Å². The molecular weight excluding hydrogens is 464 g/mol. The highest BCUT2D eigenvalue weighted by Crippen LogP contribution is 2.55. The SMILES string of the molecule is COc1cc2c3c(c1)-c1c(sn(-c4ccc(-c5ccccc5)cc4)c1=S)C(C)(C)N3C(=O)C2=O. The van der Waals surface area contributed by atoms with Crippen LogP contribution in [0.5, 0.6) is 5.75 Å². The van der Waals surface area contributed by atoms with Crippen molar-refractivity contribution in [1.29, 1.82) is 0 Å². The van der Waals surface area contributed by atoms with E-state index < -0.39 is 17.2 Å². The molecule has 0 unspecified atom stereocenters. The number of Topliss-reactive ketones (excluding diaryl/α,β-unsaturated/α-hetero) is 1. The lowest BCUT2D eigenvalue weighted by atomic mass is 9.87. The van der Waals surface area contributed by atoms with Gasteiger partial charge in [0, 0.05) is 11.1 Å². The van der Waals surface area contributed by atoms with Gasteiger partial charge >= 0.3 is 0 Å². The minimum absolute atomic E-state index is 0.373. The summed E-state index contributed by atoms with van der Waals surface area (Å²) < 4.78 is 8.14. The Labute approximate surface area is 206 Å². The van der Waals surface area contributed by atoms with Crippen LogP contribution in [0.2, 0.25) is 0 Å². The van der Waals surface area contributed by atoms with Crippen LogP contribution in [0, 0.1) is 4.64 Å². The summed E-state index contributed by atoms with van der Waals surface area (Å²) in [5.74, 6) is -0.492. The Bertz CT molecular complexity index is 1560. The number of hydrogen-bond donors (Lipinski definition) is 0. The van der Waals surface area contributed by atoms with E-state index in [1.165, 1.54) is 11.5 Å². The Kier molecular flexibility index (Phi) is 4.46. The summed E-state index contributed by atoms with van der Waals surface area (Å²) in [5, 5.41) is 0. The number of ether oxygens (including phenoxy) is 1. The number of fused-ring (bicyclic) bond motifs is 2. The van der Waals surface area contributed by atoms with Crippen molar-refractivity contribution in [1.82, 2.24) is 3.96 Å². The van der Waals surface area contributed by atoms with Gasteiger partial charge in [0.15, 0.2) is 0 Å². The maximum atomic E-state index is 13.0. The number of aromatic nitrogens is 1. The van der Waals surface area contributed by atoms with Gasteiger partial charge in [-0.3, -0.25) is 18.4 Å². The first-order valence-corrected chi connectivity index (χ1v) is 12.0. The lowest BCUT2D eigenvalue weighted by Crippen LogP contribution is -2.46. The van der Waals surface area contributed by atoms with Gasteiger partial charge in [-0.1, -0.05) is 66.2 Å². The maximum Gasteiger partial charge on any atom is 0.300 e. The van der Waals surface area contributed by atoms with E-state index in [1.54, 1.807) is 18.1 Å². The molecule has 0 aliphatic carbocycles. The molecular formula is C27H20N2O3S2. The number of methoxy groups -OCH3 is 1. The summed E-state index contributed by atoms with van der Waals surface area (Å²) in [5.41, 5.74) is 5.16. The van der Waals surface area contributed by atoms with E-state index in [9.17, 15) is 9.59 Å². The number of anilines is 1. The molecule has 0 spiro atoms. The quantitative estimate of drug-likeness (QED) is 0.250. The molecule has 0 N–H and O–H groups in total. The topological polar surface area (TPSA) is 51.5 Å². The molecule has 3 aromatic carbocycles. The summed E-state index contributed by atoms with van der Waals surface area (Å²) in [7, 11) is 1.55. The van der Waals surface area contributed by atoms with Crippen LogP contribution in [0.1, 0.15) is 29.1 Å². The number of hydrogen-bond acceptors (Lipinski definition) is 5. The highest BCUT2D eigenvalue weighted by molar-refractivity contribution is 7.71. The number of benzene rings is 3. The Morgan fingerprint density at radius 1 is 0.912 bits per heavy atom. The molecule has 6 rings (SSSR count). The van der Waals surface area contributed by atoms with E-state index in [0.29, 0.717) is 21.6 Å². The first-order chi connectivity index (χ1) is 16.3. The zero-order valence-corrected chi connectivity index (χ0v) is 20.4. The van der Waals surface area contributed by atoms with Crippen LogP contribution in [0.15, 0.2) is 66.7 Å². The van der Waals surface area contributed by atoms with Crippen molar-refractivity contribution in [2.45, 2.75) is 19.4 Å². The molecule has 1 amide bonds. The lowest BCUT2D eigenvalue weighted by Gasteiger charge is -2.39. The van der Waals surface area contributed by atoms with Crippen molar-refractivity contribution < 1.29 is 14.3 Å². The van der Waals surface area contributed by atoms with Gasteiger partial charge in [0.1, 0.15) is 10.4 Å². The second kappa shape index (κ2) is 7.22. The number of carbonyl (C=O) groups is 2. The normalized spacial score (nSPS) is 15.3. The van der Waals surface area contributed by atoms with Crippen LogP contribution in [0.4, 0.5) is 5.69 Å². The summed E-state index contributed by atoms with van der Waals surface area (Å²) >= 11 is 7.50. The second-order valence-electron chi connectivity index (χ2n) is 8.91. The van der Waals surface area contributed by atoms with Crippen LogP contribution in [0.25, 0.3) is 27.9 Å². The van der Waals surface area contributed by atoms with Gasteiger partial charge in [-0.15, -0.1) is 0 Å². The number of ketones is 1. The average molecular weight is 485 g/mol. The molecule has 5 nitrogen and oxygen atoms in total. The van der Waals surface area contributed by atoms with Gasteiger partial charge in [0.05, 0.1) is 34.5 Å². The number of amides is 1. The van der Waals surface area contributed by atoms with Crippen molar-refractivity contribution in [2.24, 2.45) is 0 Å². The highest BCUT2D eigenvalue weighted by atomic mass is 32.1. The maximum absolute atomic E-state index is 13.0. The Hall–Kier alpha value is -3.55. The van der Waals surface area contributed by atoms with Crippen LogP contribution >= 0.6 is 23.8 Å². The van der Waals surface area contributed by atoms with Crippen molar-refractivity contribution in [3.05, 3.63) is 81.8 Å². The molecule has 168 valence electrons. The standard InChI is InChI=1S/C27H20N2O3S2/c1-27(2)24-21(19-13-18(32-3)14-20-22(19)28(27)25(31)23(20)30)26(33)29(34-24)17-11-9-16(10-12-17)15-7-5-4-6-8-15/h4-14H,1-3H3. The zero-order chi connectivity index (χ0) is 23.8. The van der Waals surface area contributed by atoms with Gasteiger partial charge in [-0.05, 0) is 49.2 Å². The fourth-order valence-corrected chi connectivity index (χ4v) is 6.60. The van der Waals surface area contributed by atoms with Gasteiger partial charge in [0.2, 0.25) is 0 Å². The first-order valence-electron chi connectivity index (χ1n) is 10.9. The van der Waals surface area contributed by atoms with E-state index in [0.717, 1.165) is 32.8 Å². The van der Waals surface area contributed by atoms with Crippen molar-refractivity contribution in [3.63, 3.8) is 0 Å². The first kappa shape index (κ1) is 21.0. The number of nitrogens with zero attached hydrogens (tertiary/aromatic N) is 2. The van der Waals surface area contributed by atoms with Crippen molar-refractivity contribution >= 4 is 41.1 Å². The van der Waals surface area contributed by atoms with Crippen LogP contribution in [-0.4, -0.2) is 22.8 Å². The zero-order valence-electron chi connectivity index (χ0n) is 18.8. The molecule has 0 fully saturated rings. The van der Waals surface area contributed by atoms with Crippen molar-refractivity contribution in [2.75, 3.05) is 12.0 Å². The van der Waals surface area contributed by atoms with Gasteiger partial charge in [-0.25, -0.2) is 0 Å². The fraction of sp³-hybridized carbons (Fsp3) is 0.148. The number of carbonyl (C=O) groups excluding carboxylic acids is 2. The third kappa shape index (κ3) is 2.74. The molecule has 2 aliphatic rings. The molecule has 0 atom stereocenters. The molecule has 0 radical (unpaired) electrons. The Balaban J connectivity index is 1.56. The van der Waals surface area contributed by atoms with E-state index in [2.05, 4.69) is 36.4 Å². The van der Waals surface area contributed by atoms with E-state index in [-0.39, 0.29) is 0 Å². The molecule has 3 heterocycles. The van der Waals surface area contributed by atoms with E-state index in [4.69, 9.17) is 17.0 Å². The second-order valence-corrected chi connectivity index (χ2v) is 10.3. The lowest BCUT2D eigenvalue weighted by molar-refractivity contribution is -0.115. The van der Waals surface area contributed by atoms with Gasteiger partial charge in [-0.2, -0.15) is 0 Å². The molecule has 0 saturated carbocycles. The Morgan fingerprint density at radius 3 is 2.24 bits per heavy atom. The highest BCUT2D eigenvalue weighted by Gasteiger charge is 2.51. The minimum atomic E-state index is -0.720. The number of rotatable bonds is 3. The predicted molar refractivity (Wildman–Crippen MR) is 137 cm³/mol. The van der Waals surface area contributed by atoms with E-state index in [1.807, 2.05) is 42.1 Å². The van der Waals surface area contributed by atoms with Crippen LogP contribution < -0.4 is 9.64 Å². The third-order valence-corrected chi connectivity index (χ3v) is 8.55. The predicted octanol–water partition coefficient (Wildman–Crippen LogP) is 6.39. The molecule has 0 saturated heterocycles. The molecule has 34 heavy (non-hydrogen) atoms. The smallest absolute Gasteiger partial charge is 0.300 e. The monoisotopic (exact) mass is 484 g/mol. The third-order valence-electron chi connectivity index (χ3n) is 6.59. The van der Waals surface area contributed by atoms with E-state index >= 15 is 0 Å². The van der Waals surface area contributed by atoms with Gasteiger partial charge < -0.3 is 4.74 Å². The summed E-state index contributed by atoms with van der Waals surface area (Å²) in [6, 6.07) is 22.0. The molecule has 1 aromatic heterocycles. The van der Waals surface area contributed by atoms with Crippen LogP contribution in [0.3, 0.4) is 0 Å². The Morgan fingerprint density at radius 2 is 1.56 bits per heavy atom. The summed E-state index contributed by atoms with van der Waals surface area (Å²) in [6.07, 6.45) is 0. The summed E-state index contributed by atoms with van der Waals surface area (Å²) in [4.78, 5) is 28.4. The minimum Gasteiger partial charge on any atom is -0.497 e. The van der Waals surface area contributed by atoms with Crippen molar-refractivity contribution in [3.8, 4) is 33.7 Å². The molecule has 7 heteroatoms. The summed E-state index contributed by atoms with van der Waals surface area (Å²) in [6.45, 7) is 3.93. The largest absolute Gasteiger partial charge is 0.497 e. The molecule has 4 aromatic rings. The average Bonchev–Trinajstić information content (AvgIpc) is 3.34.